The first-order valence-corrected chi connectivity index (χ1v) is 6.57. The summed E-state index contributed by atoms with van der Waals surface area (Å²) in [6, 6.07) is 0.893. The highest BCUT2D eigenvalue weighted by molar-refractivity contribution is 5.95. The number of hydrogen-bond acceptors (Lipinski definition) is 8. The highest BCUT2D eigenvalue weighted by Crippen LogP contribution is 2.48. The molecule has 23 heavy (non-hydrogen) atoms. The molecule has 0 radical (unpaired) electrons. The van der Waals surface area contributed by atoms with E-state index in [0.717, 1.165) is 6.07 Å². The maximum atomic E-state index is 11.9. The van der Waals surface area contributed by atoms with Gasteiger partial charge in [-0.25, -0.2) is 4.79 Å². The normalized spacial score (nSPS) is 21.0. The van der Waals surface area contributed by atoms with Gasteiger partial charge in [-0.1, -0.05) is 0 Å². The van der Waals surface area contributed by atoms with Crippen molar-refractivity contribution in [3.63, 3.8) is 0 Å². The third kappa shape index (κ3) is 2.85. The molecule has 2 rings (SSSR count). The van der Waals surface area contributed by atoms with E-state index in [1.165, 1.54) is 6.92 Å². The Balaban J connectivity index is 2.63. The topological polar surface area (TPSA) is 151 Å². The molecule has 124 valence electrons. The van der Waals surface area contributed by atoms with E-state index in [1.807, 2.05) is 0 Å². The van der Waals surface area contributed by atoms with Crippen LogP contribution < -0.4 is 0 Å². The number of benzene rings is 1. The van der Waals surface area contributed by atoms with Crippen LogP contribution >= 0.6 is 0 Å². The SMILES string of the molecule is C[C@H]1OC(=O)c2cc(O)c(O)c(O)c2C1[C@@H](CC(=O)O)OC=O. The molecule has 1 heterocycles. The van der Waals surface area contributed by atoms with Gasteiger partial charge in [0.05, 0.1) is 17.9 Å². The van der Waals surface area contributed by atoms with Crippen molar-refractivity contribution in [1.82, 2.24) is 0 Å². The minimum absolute atomic E-state index is 0.0493. The molecular weight excluding hydrogens is 312 g/mol. The van der Waals surface area contributed by atoms with E-state index in [2.05, 4.69) is 0 Å². The van der Waals surface area contributed by atoms with E-state index in [-0.39, 0.29) is 17.6 Å². The number of carboxylic acids is 1. The maximum absolute atomic E-state index is 11.9. The summed E-state index contributed by atoms with van der Waals surface area (Å²) < 4.78 is 9.82. The highest BCUT2D eigenvalue weighted by Gasteiger charge is 2.43. The summed E-state index contributed by atoms with van der Waals surface area (Å²) in [6.07, 6.45) is -2.79. The van der Waals surface area contributed by atoms with Crippen molar-refractivity contribution >= 4 is 18.4 Å². The van der Waals surface area contributed by atoms with Gasteiger partial charge < -0.3 is 29.9 Å². The van der Waals surface area contributed by atoms with Crippen molar-refractivity contribution in [1.29, 1.82) is 0 Å². The number of fused-ring (bicyclic) bond motifs is 1. The van der Waals surface area contributed by atoms with Crippen molar-refractivity contribution in [2.24, 2.45) is 0 Å². The van der Waals surface area contributed by atoms with E-state index < -0.39 is 53.7 Å². The molecule has 9 heteroatoms. The number of carbonyl (C=O) groups excluding carboxylic acids is 2. The number of rotatable bonds is 5. The van der Waals surface area contributed by atoms with Crippen molar-refractivity contribution in [2.45, 2.75) is 31.5 Å². The lowest BCUT2D eigenvalue weighted by molar-refractivity contribution is -0.146. The Kier molecular flexibility index (Phi) is 4.30. The fourth-order valence-corrected chi connectivity index (χ4v) is 2.70. The van der Waals surface area contributed by atoms with Crippen LogP contribution in [0.2, 0.25) is 0 Å². The predicted molar refractivity (Wildman–Crippen MR) is 72.2 cm³/mol. The fraction of sp³-hybridized carbons (Fsp3) is 0.357. The number of cyclic esters (lactones) is 1. The second-order valence-electron chi connectivity index (χ2n) is 5.06. The van der Waals surface area contributed by atoms with E-state index >= 15 is 0 Å². The molecule has 1 unspecified atom stereocenters. The zero-order valence-electron chi connectivity index (χ0n) is 11.9. The number of esters is 1. The molecule has 1 aromatic carbocycles. The summed E-state index contributed by atoms with van der Waals surface area (Å²) in [6.45, 7) is 1.48. The van der Waals surface area contributed by atoms with Gasteiger partial charge in [0.2, 0.25) is 5.75 Å². The van der Waals surface area contributed by atoms with Crippen molar-refractivity contribution in [3.05, 3.63) is 17.2 Å². The first-order chi connectivity index (χ1) is 10.8. The van der Waals surface area contributed by atoms with E-state index in [4.69, 9.17) is 14.6 Å². The maximum Gasteiger partial charge on any atom is 0.338 e. The fourth-order valence-electron chi connectivity index (χ4n) is 2.70. The van der Waals surface area contributed by atoms with Gasteiger partial charge in [-0.2, -0.15) is 0 Å². The smallest absolute Gasteiger partial charge is 0.338 e. The summed E-state index contributed by atoms with van der Waals surface area (Å²) in [5, 5.41) is 38.2. The third-order valence-electron chi connectivity index (χ3n) is 3.65. The van der Waals surface area contributed by atoms with Gasteiger partial charge in [0.1, 0.15) is 12.2 Å². The van der Waals surface area contributed by atoms with E-state index in [0.29, 0.717) is 0 Å². The summed E-state index contributed by atoms with van der Waals surface area (Å²) >= 11 is 0. The van der Waals surface area contributed by atoms with E-state index in [1.54, 1.807) is 0 Å². The molecule has 0 amide bonds. The van der Waals surface area contributed by atoms with Gasteiger partial charge in [0.25, 0.3) is 6.47 Å². The standard InChI is InChI=1S/C14H14O9/c1-5-10(8(22-4-15)3-9(17)18)11-6(14(21)23-5)2-7(16)12(19)13(11)20/h2,4-5,8,10,16,19-20H,3H2,1H3,(H,17,18)/t5-,8-,10?/m1/s1. The summed E-state index contributed by atoms with van der Waals surface area (Å²) in [4.78, 5) is 33.5. The molecule has 0 aromatic heterocycles. The van der Waals surface area contributed by atoms with Crippen LogP contribution in [0.15, 0.2) is 6.07 Å². The minimum Gasteiger partial charge on any atom is -0.504 e. The molecule has 0 saturated carbocycles. The van der Waals surface area contributed by atoms with E-state index in [9.17, 15) is 29.7 Å². The van der Waals surface area contributed by atoms with Gasteiger partial charge in [0.15, 0.2) is 11.5 Å². The first kappa shape index (κ1) is 16.4. The van der Waals surface area contributed by atoms with Gasteiger partial charge in [0, 0.05) is 5.56 Å². The molecule has 1 aliphatic heterocycles. The first-order valence-electron chi connectivity index (χ1n) is 6.57. The second-order valence-corrected chi connectivity index (χ2v) is 5.06. The molecule has 9 nitrogen and oxygen atoms in total. The molecule has 0 saturated heterocycles. The Hall–Kier alpha value is -2.97. The van der Waals surface area contributed by atoms with Crippen molar-refractivity contribution < 1.29 is 44.3 Å². The van der Waals surface area contributed by atoms with Crippen LogP contribution in [-0.2, 0) is 19.1 Å². The Morgan fingerprint density at radius 1 is 1.39 bits per heavy atom. The van der Waals surface area contributed by atoms with Crippen LogP contribution in [0.1, 0.15) is 35.2 Å². The van der Waals surface area contributed by atoms with Gasteiger partial charge in [-0.3, -0.25) is 9.59 Å². The molecule has 0 bridgehead atoms. The number of ether oxygens (including phenoxy) is 2. The Morgan fingerprint density at radius 2 is 2.04 bits per heavy atom. The monoisotopic (exact) mass is 326 g/mol. The van der Waals surface area contributed by atoms with Crippen LogP contribution in [0.5, 0.6) is 17.2 Å². The Labute approximate surface area is 129 Å². The Morgan fingerprint density at radius 3 is 2.61 bits per heavy atom. The van der Waals surface area contributed by atoms with Crippen LogP contribution in [-0.4, -0.2) is 51.0 Å². The lowest BCUT2D eigenvalue weighted by Crippen LogP contribution is -2.39. The van der Waals surface area contributed by atoms with Crippen molar-refractivity contribution in [3.8, 4) is 17.2 Å². The van der Waals surface area contributed by atoms with Crippen LogP contribution in [0, 0.1) is 0 Å². The van der Waals surface area contributed by atoms with Gasteiger partial charge >= 0.3 is 11.9 Å². The molecule has 1 aliphatic rings. The molecule has 0 spiro atoms. The average molecular weight is 326 g/mol. The zero-order valence-corrected chi connectivity index (χ0v) is 11.9. The van der Waals surface area contributed by atoms with Crippen LogP contribution in [0.3, 0.4) is 0 Å². The molecule has 1 aromatic rings. The number of aromatic hydroxyl groups is 3. The lowest BCUT2D eigenvalue weighted by atomic mass is 9.81. The molecule has 4 N–H and O–H groups in total. The minimum atomic E-state index is -1.27. The number of phenols is 3. The van der Waals surface area contributed by atoms with Crippen LogP contribution in [0.4, 0.5) is 0 Å². The Bertz CT molecular complexity index is 667. The van der Waals surface area contributed by atoms with Crippen LogP contribution in [0.25, 0.3) is 0 Å². The predicted octanol–water partition coefficient (Wildman–Crippen LogP) is 0.462. The highest BCUT2D eigenvalue weighted by atomic mass is 16.6. The average Bonchev–Trinajstić information content (AvgIpc) is 2.45. The molecule has 0 aliphatic carbocycles. The number of aliphatic carboxylic acids is 1. The van der Waals surface area contributed by atoms with Gasteiger partial charge in [-0.15, -0.1) is 0 Å². The number of carbonyl (C=O) groups is 3. The lowest BCUT2D eigenvalue weighted by Gasteiger charge is -2.35. The number of hydrogen-bond donors (Lipinski definition) is 4. The summed E-state index contributed by atoms with van der Waals surface area (Å²) in [5.74, 6) is -5.57. The quantitative estimate of drug-likeness (QED) is 0.343. The number of phenolic OH excluding ortho intramolecular Hbond substituents is 3. The molecule has 0 fully saturated rings. The largest absolute Gasteiger partial charge is 0.504 e. The zero-order chi connectivity index (χ0) is 17.3. The molecular formula is C14H14O9. The third-order valence-corrected chi connectivity index (χ3v) is 3.65. The molecule has 3 atom stereocenters. The number of carboxylic acid groups (broad SMARTS) is 1. The van der Waals surface area contributed by atoms with Gasteiger partial charge in [-0.05, 0) is 13.0 Å². The van der Waals surface area contributed by atoms with Crippen molar-refractivity contribution in [2.75, 3.05) is 0 Å². The summed E-state index contributed by atoms with van der Waals surface area (Å²) in [5.41, 5.74) is -0.386. The second kappa shape index (κ2) is 6.03. The summed E-state index contributed by atoms with van der Waals surface area (Å²) in [7, 11) is 0.